The molecule has 0 unspecified atom stereocenters. The van der Waals surface area contributed by atoms with Crippen LogP contribution in [0.4, 0.5) is 0 Å². The average Bonchev–Trinajstić information content (AvgIpc) is 2.91. The van der Waals surface area contributed by atoms with E-state index in [9.17, 15) is 14.4 Å². The first-order valence-electron chi connectivity index (χ1n) is 7.98. The highest BCUT2D eigenvalue weighted by atomic mass is 16.5. The lowest BCUT2D eigenvalue weighted by Crippen LogP contribution is -2.48. The fourth-order valence-corrected chi connectivity index (χ4v) is 3.54. The molecule has 1 fully saturated rings. The molecule has 1 saturated heterocycles. The van der Waals surface area contributed by atoms with Gasteiger partial charge in [0, 0.05) is 18.4 Å². The van der Waals surface area contributed by atoms with Gasteiger partial charge in [0.2, 0.25) is 5.91 Å². The number of aromatic nitrogens is 1. The molecule has 2 aromatic rings. The molecular weight excluding hydrogens is 308 g/mol. The Morgan fingerprint density at radius 3 is 2.92 bits per heavy atom. The van der Waals surface area contributed by atoms with Gasteiger partial charge in [-0.15, -0.1) is 0 Å². The topological polar surface area (TPSA) is 76.6 Å². The summed E-state index contributed by atoms with van der Waals surface area (Å²) in [5, 5.41) is 0.997. The largest absolute Gasteiger partial charge is 0.465 e. The van der Waals surface area contributed by atoms with Gasteiger partial charge in [0.1, 0.15) is 0 Å². The number of fused-ring (bicyclic) bond motifs is 4. The number of para-hydroxylation sites is 1. The molecule has 1 aromatic carbocycles. The van der Waals surface area contributed by atoms with Crippen LogP contribution in [-0.2, 0) is 25.7 Å². The number of rotatable bonds is 2. The van der Waals surface area contributed by atoms with Crippen LogP contribution in [-0.4, -0.2) is 34.2 Å². The van der Waals surface area contributed by atoms with E-state index in [1.807, 2.05) is 30.3 Å². The van der Waals surface area contributed by atoms with Crippen molar-refractivity contribution in [2.24, 2.45) is 5.92 Å². The zero-order valence-electron chi connectivity index (χ0n) is 13.2. The van der Waals surface area contributed by atoms with Gasteiger partial charge in [0.25, 0.3) is 0 Å². The fraction of sp³-hybridized carbons (Fsp3) is 0.333. The summed E-state index contributed by atoms with van der Waals surface area (Å²) < 4.78 is 4.89. The van der Waals surface area contributed by atoms with E-state index < -0.39 is 17.8 Å². The van der Waals surface area contributed by atoms with Gasteiger partial charge >= 0.3 is 5.97 Å². The minimum absolute atomic E-state index is 0.105. The Labute approximate surface area is 138 Å². The van der Waals surface area contributed by atoms with Gasteiger partial charge in [-0.2, -0.15) is 0 Å². The van der Waals surface area contributed by atoms with E-state index in [4.69, 9.17) is 4.74 Å². The highest BCUT2D eigenvalue weighted by Gasteiger charge is 2.49. The number of ether oxygens (including phenoxy) is 1. The maximum Gasteiger partial charge on any atom is 0.326 e. The Bertz CT molecular complexity index is 876. The number of carbonyl (C=O) groups is 3. The van der Waals surface area contributed by atoms with Crippen molar-refractivity contribution in [1.82, 2.24) is 9.88 Å². The minimum atomic E-state index is -1.33. The van der Waals surface area contributed by atoms with Crippen molar-refractivity contribution in [3.8, 4) is 0 Å². The van der Waals surface area contributed by atoms with Crippen molar-refractivity contribution in [3.63, 3.8) is 0 Å². The predicted molar refractivity (Wildman–Crippen MR) is 84.8 cm³/mol. The van der Waals surface area contributed by atoms with E-state index in [1.54, 1.807) is 11.8 Å². The summed E-state index contributed by atoms with van der Waals surface area (Å²) in [6.45, 7) is 2.17. The summed E-state index contributed by atoms with van der Waals surface area (Å²) in [4.78, 5) is 43.2. The molecule has 1 aromatic heterocycles. The summed E-state index contributed by atoms with van der Waals surface area (Å²) in [7, 11) is 0. The van der Waals surface area contributed by atoms with Crippen molar-refractivity contribution < 1.29 is 19.1 Å². The molecule has 2 aliphatic rings. The normalized spacial score (nSPS) is 22.5. The SMILES string of the molecule is CCOC(=O)[C@@H]1C(=O)C[C@H]2c3nc4ccccc4cc3CN2C1=O. The first-order chi connectivity index (χ1) is 11.6. The standard InChI is InChI=1S/C18H16N2O4/c1-2-24-18(23)15-14(21)8-13-16-11(9-20(13)17(15)22)7-10-5-3-4-6-12(10)19-16/h3-7,13,15H,2,8-9H2,1H3/t13-,15+/m0/s1. The van der Waals surface area contributed by atoms with Crippen LogP contribution in [0.1, 0.15) is 30.6 Å². The lowest BCUT2D eigenvalue weighted by Gasteiger charge is -2.32. The maximum atomic E-state index is 12.7. The number of piperidine rings is 1. The molecule has 2 atom stereocenters. The number of carbonyl (C=O) groups excluding carboxylic acids is 3. The second kappa shape index (κ2) is 5.40. The quantitative estimate of drug-likeness (QED) is 0.621. The molecule has 3 heterocycles. The number of ketones is 1. The maximum absolute atomic E-state index is 12.7. The molecule has 0 saturated carbocycles. The van der Waals surface area contributed by atoms with Gasteiger partial charge in [0.15, 0.2) is 11.7 Å². The zero-order valence-corrected chi connectivity index (χ0v) is 13.2. The molecule has 0 radical (unpaired) electrons. The second-order valence-electron chi connectivity index (χ2n) is 6.06. The Morgan fingerprint density at radius 2 is 2.12 bits per heavy atom. The lowest BCUT2D eigenvalue weighted by atomic mass is 9.90. The van der Waals surface area contributed by atoms with E-state index >= 15 is 0 Å². The van der Waals surface area contributed by atoms with Crippen LogP contribution in [0.2, 0.25) is 0 Å². The third-order valence-corrected chi connectivity index (χ3v) is 4.64. The van der Waals surface area contributed by atoms with Crippen LogP contribution in [0.5, 0.6) is 0 Å². The van der Waals surface area contributed by atoms with Gasteiger partial charge in [0.05, 0.1) is 23.9 Å². The van der Waals surface area contributed by atoms with Crippen molar-refractivity contribution >= 4 is 28.6 Å². The van der Waals surface area contributed by atoms with Crippen LogP contribution in [0.3, 0.4) is 0 Å². The molecular formula is C18H16N2O4. The Hall–Kier alpha value is -2.76. The van der Waals surface area contributed by atoms with Gasteiger partial charge in [-0.05, 0) is 24.6 Å². The van der Waals surface area contributed by atoms with Gasteiger partial charge in [-0.3, -0.25) is 19.4 Å². The van der Waals surface area contributed by atoms with E-state index in [1.165, 1.54) is 0 Å². The van der Waals surface area contributed by atoms with Crippen LogP contribution in [0.15, 0.2) is 30.3 Å². The summed E-state index contributed by atoms with van der Waals surface area (Å²) in [6.07, 6.45) is 0.105. The molecule has 0 aliphatic carbocycles. The van der Waals surface area contributed by atoms with E-state index in [0.717, 1.165) is 22.2 Å². The van der Waals surface area contributed by atoms with Crippen molar-refractivity contribution in [2.45, 2.75) is 25.9 Å². The molecule has 1 amide bonds. The van der Waals surface area contributed by atoms with E-state index in [-0.39, 0.29) is 24.9 Å². The smallest absolute Gasteiger partial charge is 0.326 e. The summed E-state index contributed by atoms with van der Waals surface area (Å²) in [5.41, 5.74) is 2.53. The monoisotopic (exact) mass is 324 g/mol. The number of nitrogens with zero attached hydrogens (tertiary/aromatic N) is 2. The molecule has 0 spiro atoms. The Balaban J connectivity index is 1.72. The van der Waals surface area contributed by atoms with Crippen LogP contribution in [0, 0.1) is 5.92 Å². The summed E-state index contributed by atoms with van der Waals surface area (Å²) >= 11 is 0. The number of pyridine rings is 1. The van der Waals surface area contributed by atoms with E-state index in [0.29, 0.717) is 6.54 Å². The fourth-order valence-electron chi connectivity index (χ4n) is 3.54. The third-order valence-electron chi connectivity index (χ3n) is 4.64. The van der Waals surface area contributed by atoms with Crippen molar-refractivity contribution in [2.75, 3.05) is 6.61 Å². The highest BCUT2D eigenvalue weighted by Crippen LogP contribution is 2.41. The second-order valence-corrected chi connectivity index (χ2v) is 6.06. The van der Waals surface area contributed by atoms with Gasteiger partial charge in [-0.25, -0.2) is 0 Å². The Morgan fingerprint density at radius 1 is 1.33 bits per heavy atom. The summed E-state index contributed by atoms with van der Waals surface area (Å²) in [6, 6.07) is 9.34. The summed E-state index contributed by atoms with van der Waals surface area (Å²) in [5.74, 6) is -2.94. The molecule has 4 rings (SSSR count). The number of Topliss-reactive ketones (excluding diaryl/α,β-unsaturated/α-hetero) is 1. The van der Waals surface area contributed by atoms with Crippen LogP contribution in [0.25, 0.3) is 10.9 Å². The average molecular weight is 324 g/mol. The zero-order chi connectivity index (χ0) is 16.8. The molecule has 6 heteroatoms. The number of hydrogen-bond donors (Lipinski definition) is 0. The lowest BCUT2D eigenvalue weighted by molar-refractivity contribution is -0.163. The minimum Gasteiger partial charge on any atom is -0.465 e. The first kappa shape index (κ1) is 14.8. The third kappa shape index (κ3) is 2.10. The molecule has 24 heavy (non-hydrogen) atoms. The first-order valence-corrected chi connectivity index (χ1v) is 7.98. The molecule has 0 N–H and O–H groups in total. The molecule has 2 aliphatic heterocycles. The predicted octanol–water partition coefficient (Wildman–Crippen LogP) is 1.77. The van der Waals surface area contributed by atoms with Crippen LogP contribution >= 0.6 is 0 Å². The van der Waals surface area contributed by atoms with Crippen molar-refractivity contribution in [3.05, 3.63) is 41.6 Å². The molecule has 0 bridgehead atoms. The molecule has 6 nitrogen and oxygen atoms in total. The highest BCUT2D eigenvalue weighted by molar-refractivity contribution is 6.18. The van der Waals surface area contributed by atoms with Gasteiger partial charge in [-0.1, -0.05) is 18.2 Å². The van der Waals surface area contributed by atoms with Crippen LogP contribution < -0.4 is 0 Å². The van der Waals surface area contributed by atoms with Crippen molar-refractivity contribution in [1.29, 1.82) is 0 Å². The number of benzene rings is 1. The number of amides is 1. The Kier molecular flexibility index (Phi) is 3.33. The molecule has 122 valence electrons. The van der Waals surface area contributed by atoms with E-state index in [2.05, 4.69) is 4.98 Å². The number of esters is 1. The number of hydrogen-bond acceptors (Lipinski definition) is 5. The van der Waals surface area contributed by atoms with Gasteiger partial charge < -0.3 is 9.64 Å².